The van der Waals surface area contributed by atoms with Crippen molar-refractivity contribution in [2.75, 3.05) is 18.5 Å². The molecule has 0 atom stereocenters. The summed E-state index contributed by atoms with van der Waals surface area (Å²) >= 11 is 5.86. The van der Waals surface area contributed by atoms with E-state index < -0.39 is 0 Å². The van der Waals surface area contributed by atoms with E-state index in [4.69, 9.17) is 21.3 Å². The molecule has 0 saturated heterocycles. The maximum atomic E-state index is 13.3. The van der Waals surface area contributed by atoms with Gasteiger partial charge in [-0.1, -0.05) is 37.6 Å². The van der Waals surface area contributed by atoms with E-state index in [1.807, 2.05) is 12.1 Å². The van der Waals surface area contributed by atoms with Crippen LogP contribution >= 0.6 is 11.6 Å². The molecule has 1 aliphatic rings. The molecule has 1 N–H and O–H groups in total. The lowest BCUT2D eigenvalue weighted by Gasteiger charge is -2.18. The molecule has 1 aromatic carbocycles. The fourth-order valence-electron chi connectivity index (χ4n) is 3.80. The predicted octanol–water partition coefficient (Wildman–Crippen LogP) is 5.36. The van der Waals surface area contributed by atoms with Gasteiger partial charge in [-0.25, -0.2) is 14.4 Å². The molecule has 31 heavy (non-hydrogen) atoms. The average molecular weight is 441 g/mol. The molecular weight excluding hydrogens is 415 g/mol. The monoisotopic (exact) mass is 440 g/mol. The third-order valence-electron chi connectivity index (χ3n) is 5.53. The van der Waals surface area contributed by atoms with Crippen molar-refractivity contribution >= 4 is 17.3 Å². The number of aryl methyl sites for hydroxylation is 1. The van der Waals surface area contributed by atoms with Crippen molar-refractivity contribution in [3.63, 3.8) is 0 Å². The van der Waals surface area contributed by atoms with Gasteiger partial charge in [0.2, 0.25) is 5.88 Å². The summed E-state index contributed by atoms with van der Waals surface area (Å²) in [5, 5.41) is 3.86. The second-order valence-corrected chi connectivity index (χ2v) is 8.90. The number of nitrogens with one attached hydrogen (secondary N) is 1. The van der Waals surface area contributed by atoms with Gasteiger partial charge in [-0.05, 0) is 55.0 Å². The lowest BCUT2D eigenvalue weighted by molar-refractivity contribution is 0.294. The van der Waals surface area contributed by atoms with E-state index in [2.05, 4.69) is 35.2 Å². The number of fused-ring (bicyclic) bond motifs is 1. The maximum Gasteiger partial charge on any atom is 0.217 e. The van der Waals surface area contributed by atoms with Crippen LogP contribution < -0.4 is 10.1 Å². The number of hydrogen-bond acceptors (Lipinski definition) is 5. The molecule has 3 heterocycles. The summed E-state index contributed by atoms with van der Waals surface area (Å²) in [6.07, 6.45) is 4.79. The number of anilines is 1. The van der Waals surface area contributed by atoms with E-state index in [1.54, 1.807) is 6.07 Å². The molecule has 0 spiro atoms. The number of pyridine rings is 1. The Bertz CT molecular complexity index is 1060. The van der Waals surface area contributed by atoms with Crippen LogP contribution in [0.3, 0.4) is 0 Å². The van der Waals surface area contributed by atoms with E-state index in [9.17, 15) is 4.39 Å². The van der Waals surface area contributed by atoms with Crippen LogP contribution in [-0.2, 0) is 18.3 Å². The number of ether oxygens (including phenoxy) is 1. The Morgan fingerprint density at radius 2 is 1.94 bits per heavy atom. The zero-order chi connectivity index (χ0) is 21.8. The Kier molecular flexibility index (Phi) is 6.37. The largest absolute Gasteiger partial charge is 0.478 e. The van der Waals surface area contributed by atoms with Crippen molar-refractivity contribution in [1.29, 1.82) is 0 Å². The zero-order valence-corrected chi connectivity index (χ0v) is 18.5. The Hall–Kier alpha value is -2.73. The summed E-state index contributed by atoms with van der Waals surface area (Å²) in [6, 6.07) is 10.5. The van der Waals surface area contributed by atoms with E-state index in [1.165, 1.54) is 24.0 Å². The Morgan fingerprint density at radius 3 is 2.71 bits per heavy atom. The topological polar surface area (TPSA) is 59.9 Å². The van der Waals surface area contributed by atoms with Crippen molar-refractivity contribution < 1.29 is 9.13 Å². The highest BCUT2D eigenvalue weighted by atomic mass is 35.5. The van der Waals surface area contributed by atoms with Gasteiger partial charge >= 0.3 is 0 Å². The Labute approximate surface area is 187 Å². The number of rotatable bonds is 8. The summed E-state index contributed by atoms with van der Waals surface area (Å²) in [6.45, 7) is 5.86. The molecule has 0 amide bonds. The first-order valence-electron chi connectivity index (χ1n) is 10.5. The molecule has 0 radical (unpaired) electrons. The number of nitrogens with zero attached hydrogens (tertiary/aromatic N) is 3. The molecule has 7 heteroatoms. The van der Waals surface area contributed by atoms with E-state index >= 15 is 0 Å². The highest BCUT2D eigenvalue weighted by molar-refractivity contribution is 6.29. The van der Waals surface area contributed by atoms with Gasteiger partial charge in [-0.3, -0.25) is 4.98 Å². The van der Waals surface area contributed by atoms with Gasteiger partial charge in [0, 0.05) is 23.7 Å². The van der Waals surface area contributed by atoms with Gasteiger partial charge < -0.3 is 10.1 Å². The van der Waals surface area contributed by atoms with Crippen molar-refractivity contribution in [3.05, 3.63) is 76.2 Å². The fraction of sp³-hybridized carbons (Fsp3) is 0.375. The standard InChI is InChI=1S/C24H26ClFN4O/c1-24(2)14-27-20-12-17(11-16-6-8-18(26)9-7-16)19(30-23(20)24)5-3-4-10-31-22-13-21(25)28-15-29-22/h6-9,12-13,15,27H,3-5,10-11,14H2,1-2H3. The van der Waals surface area contributed by atoms with Gasteiger partial charge in [0.05, 0.1) is 18.0 Å². The molecule has 3 aromatic rings. The first-order valence-corrected chi connectivity index (χ1v) is 10.9. The number of aromatic nitrogens is 3. The summed E-state index contributed by atoms with van der Waals surface area (Å²) in [4.78, 5) is 13.0. The SMILES string of the molecule is CC1(C)CNc2cc(Cc3ccc(F)cc3)c(CCCCOc3cc(Cl)ncn3)nc21. The van der Waals surface area contributed by atoms with Gasteiger partial charge in [-0.15, -0.1) is 0 Å². The minimum absolute atomic E-state index is 0.00782. The highest BCUT2D eigenvalue weighted by Crippen LogP contribution is 2.36. The average Bonchev–Trinajstić information content (AvgIpc) is 3.03. The summed E-state index contributed by atoms with van der Waals surface area (Å²) in [7, 11) is 0. The zero-order valence-electron chi connectivity index (χ0n) is 17.8. The van der Waals surface area contributed by atoms with E-state index in [-0.39, 0.29) is 11.2 Å². The third-order valence-corrected chi connectivity index (χ3v) is 5.73. The Balaban J connectivity index is 1.45. The van der Waals surface area contributed by atoms with Gasteiger partial charge in [0.1, 0.15) is 17.3 Å². The van der Waals surface area contributed by atoms with Crippen LogP contribution in [0.25, 0.3) is 0 Å². The molecule has 0 aliphatic carbocycles. The number of unbranched alkanes of at least 4 members (excludes halogenated alkanes) is 1. The van der Waals surface area contributed by atoms with Crippen LogP contribution in [0.5, 0.6) is 5.88 Å². The molecule has 1 aliphatic heterocycles. The number of benzene rings is 1. The molecule has 0 saturated carbocycles. The second-order valence-electron chi connectivity index (χ2n) is 8.52. The fourth-order valence-corrected chi connectivity index (χ4v) is 3.94. The minimum atomic E-state index is -0.218. The van der Waals surface area contributed by atoms with Gasteiger partial charge in [-0.2, -0.15) is 0 Å². The number of halogens is 2. The third kappa shape index (κ3) is 5.31. The van der Waals surface area contributed by atoms with Crippen LogP contribution in [0.15, 0.2) is 42.7 Å². The first kappa shape index (κ1) is 21.5. The molecule has 2 aromatic heterocycles. The van der Waals surface area contributed by atoms with E-state index in [0.717, 1.165) is 54.9 Å². The number of hydrogen-bond donors (Lipinski definition) is 1. The summed E-state index contributed by atoms with van der Waals surface area (Å²) in [5.74, 6) is 0.268. The van der Waals surface area contributed by atoms with Crippen LogP contribution in [0.4, 0.5) is 10.1 Å². The van der Waals surface area contributed by atoms with Crippen LogP contribution in [0.2, 0.25) is 5.15 Å². The predicted molar refractivity (Wildman–Crippen MR) is 120 cm³/mol. The molecule has 0 unspecified atom stereocenters. The minimum Gasteiger partial charge on any atom is -0.478 e. The lowest BCUT2D eigenvalue weighted by Crippen LogP contribution is -2.20. The molecule has 0 fully saturated rings. The van der Waals surface area contributed by atoms with Gasteiger partial charge in [0.15, 0.2) is 0 Å². The van der Waals surface area contributed by atoms with Crippen molar-refractivity contribution in [2.24, 2.45) is 0 Å². The quantitative estimate of drug-likeness (QED) is 0.377. The molecule has 162 valence electrons. The van der Waals surface area contributed by atoms with Crippen molar-refractivity contribution in [1.82, 2.24) is 15.0 Å². The summed E-state index contributed by atoms with van der Waals surface area (Å²) in [5.41, 5.74) is 5.59. The molecule has 4 rings (SSSR count). The van der Waals surface area contributed by atoms with Crippen LogP contribution in [-0.4, -0.2) is 28.1 Å². The van der Waals surface area contributed by atoms with Crippen molar-refractivity contribution in [3.8, 4) is 5.88 Å². The smallest absolute Gasteiger partial charge is 0.217 e. The van der Waals surface area contributed by atoms with E-state index in [0.29, 0.717) is 17.6 Å². The lowest BCUT2D eigenvalue weighted by atomic mass is 9.90. The Morgan fingerprint density at radius 1 is 1.13 bits per heavy atom. The molecule has 5 nitrogen and oxygen atoms in total. The van der Waals surface area contributed by atoms with Crippen molar-refractivity contribution in [2.45, 2.75) is 44.9 Å². The summed E-state index contributed by atoms with van der Waals surface area (Å²) < 4.78 is 19.0. The van der Waals surface area contributed by atoms with Crippen LogP contribution in [0.1, 0.15) is 49.2 Å². The highest BCUT2D eigenvalue weighted by Gasteiger charge is 2.32. The normalized spacial score (nSPS) is 14.2. The first-order chi connectivity index (χ1) is 14.9. The van der Waals surface area contributed by atoms with Crippen LogP contribution in [0, 0.1) is 5.82 Å². The molecule has 0 bridgehead atoms. The second kappa shape index (κ2) is 9.18. The van der Waals surface area contributed by atoms with Gasteiger partial charge in [0.25, 0.3) is 0 Å². The molecular formula is C24H26ClFN4O. The maximum absolute atomic E-state index is 13.3.